The Hall–Kier alpha value is -1.50. The van der Waals surface area contributed by atoms with Crippen molar-refractivity contribution in [3.05, 3.63) is 39.9 Å². The van der Waals surface area contributed by atoms with E-state index in [1.54, 1.807) is 19.1 Å². The smallest absolute Gasteiger partial charge is 0.269 e. The molecule has 2 N–H and O–H groups in total. The molecule has 0 bridgehead atoms. The molecule has 0 aliphatic rings. The minimum absolute atomic E-state index is 0.0662. The average molecular weight is 281 g/mol. The van der Waals surface area contributed by atoms with Crippen LogP contribution in [0, 0.1) is 10.1 Å². The maximum absolute atomic E-state index is 10.8. The molecule has 0 saturated carbocycles. The largest absolute Gasteiger partial charge is 0.388 e. The summed E-state index contributed by atoms with van der Waals surface area (Å²) in [5.41, 5.74) is 0.0643. The highest BCUT2D eigenvalue weighted by atomic mass is 16.6. The molecule has 0 aromatic heterocycles. The topological polar surface area (TPSA) is 78.6 Å². The lowest BCUT2D eigenvalue weighted by Crippen LogP contribution is -2.46. The van der Waals surface area contributed by atoms with Gasteiger partial charge in [-0.1, -0.05) is 12.1 Å². The Bertz CT molecular complexity index is 461. The maximum atomic E-state index is 10.8. The summed E-state index contributed by atoms with van der Waals surface area (Å²) in [5, 5.41) is 24.2. The zero-order valence-electron chi connectivity index (χ0n) is 12.5. The standard InChI is InChI=1S/C14H23N3O3/c1-11(15-9-14(2,18)10-16(3)4)12-6-5-7-13(8-12)17(19)20/h5-8,11,15,18H,9-10H2,1-4H3. The molecule has 6 heteroatoms. The Morgan fingerprint density at radius 1 is 1.50 bits per heavy atom. The van der Waals surface area contributed by atoms with E-state index in [9.17, 15) is 15.2 Å². The summed E-state index contributed by atoms with van der Waals surface area (Å²) in [6.07, 6.45) is 0. The van der Waals surface area contributed by atoms with Crippen molar-refractivity contribution < 1.29 is 10.0 Å². The summed E-state index contributed by atoms with van der Waals surface area (Å²) in [4.78, 5) is 12.3. The molecule has 0 aliphatic heterocycles. The van der Waals surface area contributed by atoms with Crippen LogP contribution in [0.2, 0.25) is 0 Å². The van der Waals surface area contributed by atoms with Crippen LogP contribution in [0.1, 0.15) is 25.5 Å². The van der Waals surface area contributed by atoms with Crippen molar-refractivity contribution in [3.63, 3.8) is 0 Å². The lowest BCUT2D eigenvalue weighted by Gasteiger charge is -2.28. The van der Waals surface area contributed by atoms with E-state index in [4.69, 9.17) is 0 Å². The third-order valence-corrected chi connectivity index (χ3v) is 3.03. The van der Waals surface area contributed by atoms with Gasteiger partial charge in [0.25, 0.3) is 5.69 Å². The molecule has 0 aliphatic carbocycles. The van der Waals surface area contributed by atoms with E-state index in [1.165, 1.54) is 6.07 Å². The van der Waals surface area contributed by atoms with Crippen molar-refractivity contribution in [2.45, 2.75) is 25.5 Å². The van der Waals surface area contributed by atoms with Crippen LogP contribution in [0.5, 0.6) is 0 Å². The van der Waals surface area contributed by atoms with E-state index in [2.05, 4.69) is 5.32 Å². The number of nitrogens with one attached hydrogen (secondary N) is 1. The summed E-state index contributed by atoms with van der Waals surface area (Å²) in [6, 6.07) is 6.47. The molecule has 0 spiro atoms. The van der Waals surface area contributed by atoms with Gasteiger partial charge in [-0.3, -0.25) is 10.1 Å². The molecule has 20 heavy (non-hydrogen) atoms. The third kappa shape index (κ3) is 5.24. The van der Waals surface area contributed by atoms with Crippen LogP contribution in [0.4, 0.5) is 5.69 Å². The molecule has 0 heterocycles. The monoisotopic (exact) mass is 281 g/mol. The predicted molar refractivity (Wildman–Crippen MR) is 78.7 cm³/mol. The first-order valence-corrected chi connectivity index (χ1v) is 6.56. The number of aliphatic hydroxyl groups is 1. The maximum Gasteiger partial charge on any atom is 0.269 e. The number of nitro groups is 1. The minimum Gasteiger partial charge on any atom is -0.388 e. The Morgan fingerprint density at radius 2 is 2.15 bits per heavy atom. The quantitative estimate of drug-likeness (QED) is 0.586. The van der Waals surface area contributed by atoms with E-state index in [1.807, 2.05) is 32.0 Å². The molecular weight excluding hydrogens is 258 g/mol. The average Bonchev–Trinajstić information content (AvgIpc) is 2.34. The number of nitro benzene ring substituents is 1. The SMILES string of the molecule is CC(NCC(C)(O)CN(C)C)c1cccc([N+](=O)[O-])c1. The zero-order chi connectivity index (χ0) is 15.3. The van der Waals surface area contributed by atoms with Gasteiger partial charge in [0, 0.05) is 31.3 Å². The van der Waals surface area contributed by atoms with Gasteiger partial charge in [0.05, 0.1) is 10.5 Å². The van der Waals surface area contributed by atoms with Crippen molar-refractivity contribution in [1.29, 1.82) is 0 Å². The van der Waals surface area contributed by atoms with Gasteiger partial charge in [0.15, 0.2) is 0 Å². The number of benzene rings is 1. The highest BCUT2D eigenvalue weighted by Crippen LogP contribution is 2.19. The summed E-state index contributed by atoms with van der Waals surface area (Å²) in [7, 11) is 3.80. The second-order valence-corrected chi connectivity index (χ2v) is 5.69. The van der Waals surface area contributed by atoms with Gasteiger partial charge in [-0.15, -0.1) is 0 Å². The third-order valence-electron chi connectivity index (χ3n) is 3.03. The van der Waals surface area contributed by atoms with Gasteiger partial charge >= 0.3 is 0 Å². The Balaban J connectivity index is 2.65. The molecule has 2 unspecified atom stereocenters. The van der Waals surface area contributed by atoms with Crippen LogP contribution < -0.4 is 5.32 Å². The van der Waals surface area contributed by atoms with Crippen molar-refractivity contribution in [1.82, 2.24) is 10.2 Å². The molecule has 1 rings (SSSR count). The Labute approximate surface area is 119 Å². The molecule has 0 radical (unpaired) electrons. The fourth-order valence-electron chi connectivity index (χ4n) is 2.14. The normalized spacial score (nSPS) is 15.9. The van der Waals surface area contributed by atoms with Gasteiger partial charge in [-0.25, -0.2) is 0 Å². The van der Waals surface area contributed by atoms with Crippen molar-refractivity contribution >= 4 is 5.69 Å². The van der Waals surface area contributed by atoms with Crippen LogP contribution in [0.25, 0.3) is 0 Å². The molecule has 1 aromatic carbocycles. The minimum atomic E-state index is -0.849. The second kappa shape index (κ2) is 6.78. The van der Waals surface area contributed by atoms with E-state index < -0.39 is 10.5 Å². The van der Waals surface area contributed by atoms with Gasteiger partial charge in [0.2, 0.25) is 0 Å². The lowest BCUT2D eigenvalue weighted by atomic mass is 10.0. The molecule has 6 nitrogen and oxygen atoms in total. The van der Waals surface area contributed by atoms with Gasteiger partial charge in [-0.2, -0.15) is 0 Å². The fourth-order valence-corrected chi connectivity index (χ4v) is 2.14. The highest BCUT2D eigenvalue weighted by Gasteiger charge is 2.22. The first kappa shape index (κ1) is 16.6. The Morgan fingerprint density at radius 3 is 2.70 bits per heavy atom. The molecule has 112 valence electrons. The number of rotatable bonds is 7. The van der Waals surface area contributed by atoms with Crippen LogP contribution in [0.3, 0.4) is 0 Å². The molecule has 0 saturated heterocycles. The van der Waals surface area contributed by atoms with Crippen molar-refractivity contribution in [3.8, 4) is 0 Å². The number of hydrogen-bond acceptors (Lipinski definition) is 5. The summed E-state index contributed by atoms with van der Waals surface area (Å²) in [6.45, 7) is 4.64. The van der Waals surface area contributed by atoms with Gasteiger partial charge in [-0.05, 0) is 33.5 Å². The van der Waals surface area contributed by atoms with E-state index in [0.717, 1.165) is 5.56 Å². The van der Waals surface area contributed by atoms with Crippen LogP contribution >= 0.6 is 0 Å². The summed E-state index contributed by atoms with van der Waals surface area (Å²) in [5.74, 6) is 0. The first-order chi connectivity index (χ1) is 9.21. The highest BCUT2D eigenvalue weighted by molar-refractivity contribution is 5.35. The zero-order valence-corrected chi connectivity index (χ0v) is 12.5. The van der Waals surface area contributed by atoms with Crippen molar-refractivity contribution in [2.75, 3.05) is 27.2 Å². The molecular formula is C14H23N3O3. The Kier molecular flexibility index (Phi) is 5.62. The van der Waals surface area contributed by atoms with Gasteiger partial charge in [0.1, 0.15) is 0 Å². The molecule has 0 amide bonds. The lowest BCUT2D eigenvalue weighted by molar-refractivity contribution is -0.384. The van der Waals surface area contributed by atoms with Crippen LogP contribution in [-0.2, 0) is 0 Å². The number of hydrogen-bond donors (Lipinski definition) is 2. The number of non-ortho nitro benzene ring substituents is 1. The predicted octanol–water partition coefficient (Wildman–Crippen LogP) is 1.56. The summed E-state index contributed by atoms with van der Waals surface area (Å²) < 4.78 is 0. The molecule has 0 fully saturated rings. The second-order valence-electron chi connectivity index (χ2n) is 5.69. The van der Waals surface area contributed by atoms with E-state index in [-0.39, 0.29) is 11.7 Å². The van der Waals surface area contributed by atoms with E-state index in [0.29, 0.717) is 13.1 Å². The first-order valence-electron chi connectivity index (χ1n) is 6.56. The molecule has 2 atom stereocenters. The number of nitrogens with zero attached hydrogens (tertiary/aromatic N) is 2. The summed E-state index contributed by atoms with van der Waals surface area (Å²) >= 11 is 0. The van der Waals surface area contributed by atoms with E-state index >= 15 is 0 Å². The number of likely N-dealkylation sites (N-methyl/N-ethyl adjacent to an activating group) is 1. The fraction of sp³-hybridized carbons (Fsp3) is 0.571. The molecule has 1 aromatic rings. The van der Waals surface area contributed by atoms with Crippen molar-refractivity contribution in [2.24, 2.45) is 0 Å². The van der Waals surface area contributed by atoms with Crippen LogP contribution in [-0.4, -0.2) is 47.7 Å². The van der Waals surface area contributed by atoms with Crippen LogP contribution in [0.15, 0.2) is 24.3 Å². The van der Waals surface area contributed by atoms with Gasteiger partial charge < -0.3 is 15.3 Å².